The van der Waals surface area contributed by atoms with Crippen molar-refractivity contribution in [3.05, 3.63) is 78.6 Å². The first kappa shape index (κ1) is 23.7. The lowest BCUT2D eigenvalue weighted by atomic mass is 9.95. The second kappa shape index (κ2) is 10.6. The van der Waals surface area contributed by atoms with Crippen LogP contribution in [0.1, 0.15) is 39.2 Å². The molecule has 1 amide bonds. The molecular weight excluding hydrogens is 518 g/mol. The second-order valence-electron chi connectivity index (χ2n) is 7.57. The molecule has 7 nitrogen and oxygen atoms in total. The van der Waals surface area contributed by atoms with Gasteiger partial charge in [0, 0.05) is 28.4 Å². The molecule has 4 rings (SSSR count). The number of nitrogens with one attached hydrogen (secondary N) is 1. The van der Waals surface area contributed by atoms with Crippen LogP contribution in [0, 0.1) is 22.5 Å². The molecule has 34 heavy (non-hydrogen) atoms. The Kier molecular flexibility index (Phi) is 7.40. The minimum Gasteiger partial charge on any atom is -0.473 e. The van der Waals surface area contributed by atoms with Crippen molar-refractivity contribution < 1.29 is 14.5 Å². The maximum Gasteiger partial charge on any atom is 0.312 e. The monoisotopic (exact) mass is 537 g/mol. The lowest BCUT2D eigenvalue weighted by Crippen LogP contribution is -2.14. The van der Waals surface area contributed by atoms with Crippen LogP contribution in [0.4, 0.5) is 16.4 Å². The first-order valence-corrected chi connectivity index (χ1v) is 12.2. The Labute approximate surface area is 209 Å². The number of ether oxygens (including phenoxy) is 1. The van der Waals surface area contributed by atoms with Crippen molar-refractivity contribution in [2.24, 2.45) is 4.99 Å². The van der Waals surface area contributed by atoms with E-state index >= 15 is 0 Å². The molecule has 0 saturated carbocycles. The van der Waals surface area contributed by atoms with Gasteiger partial charge in [-0.05, 0) is 65.4 Å². The number of hydrogen-bond donors (Lipinski definition) is 1. The molecule has 172 valence electrons. The number of halogens is 1. The number of aryl methyl sites for hydroxylation is 1. The van der Waals surface area contributed by atoms with Gasteiger partial charge in [0.1, 0.15) is 11.6 Å². The van der Waals surface area contributed by atoms with Gasteiger partial charge in [-0.1, -0.05) is 24.1 Å². The van der Waals surface area contributed by atoms with Crippen molar-refractivity contribution >= 4 is 55.8 Å². The molecule has 1 aromatic heterocycles. The van der Waals surface area contributed by atoms with Crippen LogP contribution in [0.15, 0.2) is 51.9 Å². The van der Waals surface area contributed by atoms with E-state index in [1.54, 1.807) is 6.07 Å². The highest BCUT2D eigenvalue weighted by Crippen LogP contribution is 2.41. The number of nitrogens with zero attached hydrogens (tertiary/aromatic N) is 2. The van der Waals surface area contributed by atoms with E-state index in [2.05, 4.69) is 32.2 Å². The number of anilines is 1. The number of carbonyl (C=O) groups is 1. The Morgan fingerprint density at radius 1 is 1.29 bits per heavy atom. The van der Waals surface area contributed by atoms with E-state index in [4.69, 9.17) is 11.2 Å². The molecule has 0 spiro atoms. The molecule has 1 heterocycles. The van der Waals surface area contributed by atoms with Gasteiger partial charge in [-0.15, -0.1) is 17.8 Å². The maximum atomic E-state index is 13.2. The van der Waals surface area contributed by atoms with E-state index in [-0.39, 0.29) is 24.0 Å². The van der Waals surface area contributed by atoms with Crippen LogP contribution in [0.5, 0.6) is 5.75 Å². The largest absolute Gasteiger partial charge is 0.473 e. The van der Waals surface area contributed by atoms with Crippen molar-refractivity contribution in [1.29, 1.82) is 0 Å². The van der Waals surface area contributed by atoms with Crippen LogP contribution >= 0.6 is 27.3 Å². The summed E-state index contributed by atoms with van der Waals surface area (Å²) in [4.78, 5) is 30.0. The Bertz CT molecular complexity index is 1310. The topological polar surface area (TPSA) is 93.8 Å². The fraction of sp³-hybridized carbons (Fsp3) is 0.200. The van der Waals surface area contributed by atoms with Gasteiger partial charge >= 0.3 is 5.69 Å². The average molecular weight is 538 g/mol. The molecule has 1 aliphatic rings. The van der Waals surface area contributed by atoms with Crippen molar-refractivity contribution in [2.75, 3.05) is 11.9 Å². The van der Waals surface area contributed by atoms with Crippen molar-refractivity contribution in [3.8, 4) is 18.1 Å². The van der Waals surface area contributed by atoms with Gasteiger partial charge in [-0.3, -0.25) is 14.9 Å². The second-order valence-corrected chi connectivity index (χ2v) is 9.51. The lowest BCUT2D eigenvalue weighted by Gasteiger charge is -2.12. The molecule has 0 radical (unpaired) electrons. The predicted octanol–water partition coefficient (Wildman–Crippen LogP) is 6.31. The van der Waals surface area contributed by atoms with E-state index in [1.807, 2.05) is 30.3 Å². The Morgan fingerprint density at radius 3 is 2.79 bits per heavy atom. The smallest absolute Gasteiger partial charge is 0.312 e. The molecular formula is C25H20BrN3O4S. The summed E-state index contributed by atoms with van der Waals surface area (Å²) >= 11 is 4.82. The molecule has 0 aliphatic heterocycles. The minimum atomic E-state index is -0.531. The number of amides is 1. The maximum absolute atomic E-state index is 13.2. The number of rotatable bonds is 7. The van der Waals surface area contributed by atoms with Crippen molar-refractivity contribution in [3.63, 3.8) is 0 Å². The number of hydrogen-bond acceptors (Lipinski definition) is 6. The molecule has 0 bridgehead atoms. The van der Waals surface area contributed by atoms with E-state index in [9.17, 15) is 14.9 Å². The third-order valence-corrected chi connectivity index (χ3v) is 7.07. The molecule has 0 saturated heterocycles. The number of carbonyl (C=O) groups excluding carboxylic acids is 1. The van der Waals surface area contributed by atoms with Crippen LogP contribution in [-0.4, -0.2) is 23.7 Å². The fourth-order valence-corrected chi connectivity index (χ4v) is 5.60. The third-order valence-electron chi connectivity index (χ3n) is 5.29. The summed E-state index contributed by atoms with van der Waals surface area (Å²) in [6.07, 6.45) is 10.6. The zero-order valence-electron chi connectivity index (χ0n) is 18.0. The third kappa shape index (κ3) is 5.19. The first-order valence-electron chi connectivity index (χ1n) is 10.6. The number of benzene rings is 2. The lowest BCUT2D eigenvalue weighted by molar-refractivity contribution is -0.385. The Balaban J connectivity index is 1.69. The Hall–Kier alpha value is -3.48. The van der Waals surface area contributed by atoms with Gasteiger partial charge < -0.3 is 10.1 Å². The van der Waals surface area contributed by atoms with Crippen LogP contribution in [-0.2, 0) is 12.8 Å². The van der Waals surface area contributed by atoms with Crippen molar-refractivity contribution in [1.82, 2.24) is 0 Å². The fourth-order valence-electron chi connectivity index (χ4n) is 3.79. The highest BCUT2D eigenvalue weighted by Gasteiger charge is 2.25. The van der Waals surface area contributed by atoms with Gasteiger partial charge in [0.2, 0.25) is 5.75 Å². The molecule has 1 aliphatic carbocycles. The van der Waals surface area contributed by atoms with Gasteiger partial charge in [-0.25, -0.2) is 4.99 Å². The Morgan fingerprint density at radius 2 is 2.06 bits per heavy atom. The minimum absolute atomic E-state index is 0.0645. The number of aliphatic imine (C=N–C) groups is 1. The quantitative estimate of drug-likeness (QED) is 0.165. The number of nitro benzene ring substituents is 1. The number of terminal acetylenes is 1. The summed E-state index contributed by atoms with van der Waals surface area (Å²) in [5.41, 5.74) is 2.59. The van der Waals surface area contributed by atoms with Crippen LogP contribution in [0.2, 0.25) is 0 Å². The van der Waals surface area contributed by atoms with E-state index in [1.165, 1.54) is 28.5 Å². The highest BCUT2D eigenvalue weighted by atomic mass is 79.9. The van der Waals surface area contributed by atoms with Crippen molar-refractivity contribution in [2.45, 2.75) is 25.7 Å². The zero-order chi connectivity index (χ0) is 24.1. The summed E-state index contributed by atoms with van der Waals surface area (Å²) < 4.78 is 5.73. The van der Waals surface area contributed by atoms with E-state index < -0.39 is 4.92 Å². The molecule has 0 atom stereocenters. The van der Waals surface area contributed by atoms with E-state index in [0.717, 1.165) is 31.2 Å². The molecule has 0 fully saturated rings. The van der Waals surface area contributed by atoms with Crippen LogP contribution < -0.4 is 10.1 Å². The number of para-hydroxylation sites is 1. The summed E-state index contributed by atoms with van der Waals surface area (Å²) in [6.45, 7) is -0.0898. The van der Waals surface area contributed by atoms with Crippen LogP contribution in [0.3, 0.4) is 0 Å². The molecule has 9 heteroatoms. The summed E-state index contributed by atoms with van der Waals surface area (Å²) in [5, 5.41) is 15.1. The molecule has 0 unspecified atom stereocenters. The summed E-state index contributed by atoms with van der Waals surface area (Å²) in [6, 6.07) is 12.3. The molecule has 1 N–H and O–H groups in total. The zero-order valence-corrected chi connectivity index (χ0v) is 20.4. The average Bonchev–Trinajstić information content (AvgIpc) is 3.21. The number of fused-ring (bicyclic) bond motifs is 1. The van der Waals surface area contributed by atoms with Gasteiger partial charge in [0.05, 0.1) is 15.0 Å². The molecule has 3 aromatic rings. The first-order chi connectivity index (χ1) is 16.5. The highest BCUT2D eigenvalue weighted by molar-refractivity contribution is 9.10. The van der Waals surface area contributed by atoms with Gasteiger partial charge in [0.15, 0.2) is 0 Å². The SMILES string of the molecule is C#CCOc1c(Br)cc(C=Nc2sc3c(c2C(=O)Nc2ccccc2)CCCC3)cc1[N+](=O)[O-]. The van der Waals surface area contributed by atoms with Gasteiger partial charge in [-0.2, -0.15) is 0 Å². The van der Waals surface area contributed by atoms with Gasteiger partial charge in [0.25, 0.3) is 5.91 Å². The number of nitro groups is 1. The normalized spacial score (nSPS) is 12.7. The standard InChI is InChI=1S/C25H20BrN3O4S/c1-2-12-33-23-19(26)13-16(14-20(23)29(31)32)15-27-25-22(18-10-6-7-11-21(18)34-25)24(30)28-17-8-4-3-5-9-17/h1,3-5,8-9,13-15H,6-7,10-12H2,(H,28,30). The summed E-state index contributed by atoms with van der Waals surface area (Å²) in [7, 11) is 0. The van der Waals surface area contributed by atoms with E-state index in [0.29, 0.717) is 26.3 Å². The summed E-state index contributed by atoms with van der Waals surface area (Å²) in [5.74, 6) is 2.16. The predicted molar refractivity (Wildman–Crippen MR) is 138 cm³/mol. The van der Waals surface area contributed by atoms with Crippen LogP contribution in [0.25, 0.3) is 0 Å². The number of thiophene rings is 1. The molecule has 2 aromatic carbocycles.